The molecule has 0 aromatic heterocycles. The third-order valence-electron chi connectivity index (χ3n) is 4.94. The van der Waals surface area contributed by atoms with Gasteiger partial charge in [0.25, 0.3) is 5.69 Å². The molecule has 3 nitrogen and oxygen atoms in total. The minimum absolute atomic E-state index is 0.102. The Balaban J connectivity index is 2.06. The van der Waals surface area contributed by atoms with Crippen LogP contribution in [0.1, 0.15) is 5.56 Å². The lowest BCUT2D eigenvalue weighted by molar-refractivity contribution is -0.384. The molecule has 4 aromatic carbocycles. The molecule has 4 rings (SSSR count). The van der Waals surface area contributed by atoms with Crippen LogP contribution in [0, 0.1) is 10.1 Å². The lowest BCUT2D eigenvalue weighted by Gasteiger charge is -2.29. The predicted octanol–water partition coefficient (Wildman–Crippen LogP) is 4.74. The van der Waals surface area contributed by atoms with Gasteiger partial charge in [-0.2, -0.15) is 0 Å². The topological polar surface area (TPSA) is 43.1 Å². The van der Waals surface area contributed by atoms with E-state index in [1.165, 1.54) is 15.9 Å². The standard InChI is InChI=1S/C25H20NO2P/c27-26(28)22-18-16-21(17-19-22)20-29(23-10-4-1-5-11-23,24-12-6-2-7-13-24)25-14-8-3-9-15-25/h1-20H. The second-order valence-electron chi connectivity index (χ2n) is 6.71. The van der Waals surface area contributed by atoms with Crippen molar-refractivity contribution in [2.24, 2.45) is 0 Å². The number of hydrogen-bond donors (Lipinski definition) is 0. The number of hydrogen-bond acceptors (Lipinski definition) is 2. The molecule has 0 radical (unpaired) electrons. The van der Waals surface area contributed by atoms with Crippen LogP contribution in [0.25, 0.3) is 0 Å². The smallest absolute Gasteiger partial charge is 0.258 e. The summed E-state index contributed by atoms with van der Waals surface area (Å²) in [6, 6.07) is 38.4. The minimum atomic E-state index is -2.11. The van der Waals surface area contributed by atoms with Gasteiger partial charge in [0.15, 0.2) is 0 Å². The van der Waals surface area contributed by atoms with Gasteiger partial charge in [-0.25, -0.2) is 0 Å². The van der Waals surface area contributed by atoms with Crippen LogP contribution in [-0.4, -0.2) is 10.7 Å². The maximum absolute atomic E-state index is 11.1. The lowest BCUT2D eigenvalue weighted by Crippen LogP contribution is -2.27. The van der Waals surface area contributed by atoms with Crippen LogP contribution in [0.15, 0.2) is 115 Å². The van der Waals surface area contributed by atoms with Crippen molar-refractivity contribution in [3.63, 3.8) is 0 Å². The summed E-state index contributed by atoms with van der Waals surface area (Å²) in [5.41, 5.74) is 1.07. The highest BCUT2D eigenvalue weighted by Crippen LogP contribution is 2.44. The van der Waals surface area contributed by atoms with Gasteiger partial charge in [-0.3, -0.25) is 10.1 Å². The molecule has 0 aliphatic carbocycles. The Kier molecular flexibility index (Phi) is 5.41. The molecule has 4 heteroatoms. The molecule has 0 atom stereocenters. The largest absolute Gasteiger partial charge is 0.269 e. The maximum Gasteiger partial charge on any atom is 0.269 e. The monoisotopic (exact) mass is 397 g/mol. The summed E-state index contributed by atoms with van der Waals surface area (Å²) >= 11 is 0. The number of nitro benzene ring substituents is 1. The maximum atomic E-state index is 11.1. The van der Waals surface area contributed by atoms with E-state index in [4.69, 9.17) is 0 Å². The van der Waals surface area contributed by atoms with E-state index in [1.807, 2.05) is 30.3 Å². The fourth-order valence-electron chi connectivity index (χ4n) is 3.57. The molecule has 0 fully saturated rings. The predicted molar refractivity (Wildman–Crippen MR) is 123 cm³/mol. The van der Waals surface area contributed by atoms with Gasteiger partial charge >= 0.3 is 0 Å². The third kappa shape index (κ3) is 3.78. The van der Waals surface area contributed by atoms with E-state index < -0.39 is 6.89 Å². The van der Waals surface area contributed by atoms with E-state index in [0.717, 1.165) is 5.56 Å². The van der Waals surface area contributed by atoms with E-state index in [1.54, 1.807) is 12.1 Å². The van der Waals surface area contributed by atoms with Crippen LogP contribution in [-0.2, 0) is 0 Å². The highest BCUT2D eigenvalue weighted by Gasteiger charge is 2.24. The van der Waals surface area contributed by atoms with Gasteiger partial charge in [0.05, 0.1) is 4.92 Å². The van der Waals surface area contributed by atoms with Crippen LogP contribution in [0.2, 0.25) is 0 Å². The molecule has 0 spiro atoms. The summed E-state index contributed by atoms with van der Waals surface area (Å²) in [6.07, 6.45) is 0. The highest BCUT2D eigenvalue weighted by molar-refractivity contribution is 7.94. The molecular weight excluding hydrogens is 377 g/mol. The first-order valence-electron chi connectivity index (χ1n) is 9.36. The fourth-order valence-corrected chi connectivity index (χ4v) is 7.45. The zero-order valence-corrected chi connectivity index (χ0v) is 16.7. The Hall–Kier alpha value is -3.42. The van der Waals surface area contributed by atoms with Crippen LogP contribution in [0.4, 0.5) is 5.69 Å². The van der Waals surface area contributed by atoms with Crippen LogP contribution >= 0.6 is 6.89 Å². The molecule has 142 valence electrons. The number of non-ortho nitro benzene ring substituents is 1. The zero-order valence-electron chi connectivity index (χ0n) is 15.8. The number of benzene rings is 4. The van der Waals surface area contributed by atoms with Gasteiger partial charge in [-0.1, -0.05) is 91.0 Å². The van der Waals surface area contributed by atoms with E-state index in [-0.39, 0.29) is 10.6 Å². The van der Waals surface area contributed by atoms with E-state index >= 15 is 0 Å². The van der Waals surface area contributed by atoms with Crippen LogP contribution in [0.3, 0.4) is 0 Å². The molecule has 0 heterocycles. The molecule has 29 heavy (non-hydrogen) atoms. The van der Waals surface area contributed by atoms with Crippen molar-refractivity contribution in [2.75, 3.05) is 0 Å². The Labute approximate surface area is 170 Å². The van der Waals surface area contributed by atoms with Gasteiger partial charge in [-0.15, -0.1) is 0 Å². The van der Waals surface area contributed by atoms with Crippen molar-refractivity contribution in [3.05, 3.63) is 131 Å². The molecule has 0 N–H and O–H groups in total. The molecule has 0 saturated carbocycles. The molecule has 0 bridgehead atoms. The van der Waals surface area contributed by atoms with E-state index in [9.17, 15) is 10.1 Å². The average molecular weight is 397 g/mol. The number of nitro groups is 1. The summed E-state index contributed by atoms with van der Waals surface area (Å²) in [7, 11) is 0. The van der Waals surface area contributed by atoms with E-state index in [0.29, 0.717) is 0 Å². The van der Waals surface area contributed by atoms with Crippen molar-refractivity contribution in [3.8, 4) is 0 Å². The molecule has 0 aliphatic rings. The first kappa shape index (κ1) is 18.9. The number of nitrogens with zero attached hydrogens (tertiary/aromatic N) is 1. The van der Waals surface area contributed by atoms with Gasteiger partial charge in [0.1, 0.15) is 0 Å². The summed E-state index contributed by atoms with van der Waals surface area (Å²) < 4.78 is 0. The van der Waals surface area contributed by atoms with Crippen LogP contribution in [0.5, 0.6) is 0 Å². The first-order valence-corrected chi connectivity index (χ1v) is 11.2. The molecule has 0 amide bonds. The molecule has 0 aliphatic heterocycles. The second-order valence-corrected chi connectivity index (χ2v) is 9.96. The summed E-state index contributed by atoms with van der Waals surface area (Å²) in [6.45, 7) is -2.11. The fraction of sp³-hybridized carbons (Fsp3) is 0. The molecule has 0 saturated heterocycles. The number of rotatable bonds is 5. The highest BCUT2D eigenvalue weighted by atomic mass is 31.2. The molecule has 0 unspecified atom stereocenters. The van der Waals surface area contributed by atoms with Crippen molar-refractivity contribution in [1.29, 1.82) is 0 Å². The van der Waals surface area contributed by atoms with Crippen molar-refractivity contribution < 1.29 is 4.92 Å². The lowest BCUT2D eigenvalue weighted by atomic mass is 10.2. The molecule has 4 aromatic rings. The average Bonchev–Trinajstić information content (AvgIpc) is 2.79. The second kappa shape index (κ2) is 8.30. The summed E-state index contributed by atoms with van der Waals surface area (Å²) in [5, 5.41) is 14.8. The van der Waals surface area contributed by atoms with Gasteiger partial charge in [0.2, 0.25) is 0 Å². The summed E-state index contributed by atoms with van der Waals surface area (Å²) in [5.74, 6) is 2.30. The normalized spacial score (nSPS) is 11.0. The third-order valence-corrected chi connectivity index (χ3v) is 8.96. The first-order chi connectivity index (χ1) is 14.2. The molecular formula is C25H20NO2P. The SMILES string of the molecule is O=[N+]([O-])c1ccc(C=P(c2ccccc2)(c2ccccc2)c2ccccc2)cc1. The van der Waals surface area contributed by atoms with Gasteiger partial charge in [0, 0.05) is 12.1 Å². The van der Waals surface area contributed by atoms with Crippen LogP contribution < -0.4 is 15.9 Å². The van der Waals surface area contributed by atoms with Crippen molar-refractivity contribution in [2.45, 2.75) is 0 Å². The van der Waals surface area contributed by atoms with E-state index in [2.05, 4.69) is 78.6 Å². The Bertz CT molecular complexity index is 1050. The van der Waals surface area contributed by atoms with Gasteiger partial charge < -0.3 is 0 Å². The Morgan fingerprint density at radius 3 is 1.31 bits per heavy atom. The Morgan fingerprint density at radius 1 is 0.586 bits per heavy atom. The van der Waals surface area contributed by atoms with Gasteiger partial charge in [-0.05, 0) is 46.3 Å². The zero-order chi connectivity index (χ0) is 20.1. The van der Waals surface area contributed by atoms with Crippen molar-refractivity contribution >= 4 is 34.3 Å². The summed E-state index contributed by atoms with van der Waals surface area (Å²) in [4.78, 5) is 10.7. The quantitative estimate of drug-likeness (QED) is 0.277. The Morgan fingerprint density at radius 2 is 0.966 bits per heavy atom. The van der Waals surface area contributed by atoms with Crippen molar-refractivity contribution in [1.82, 2.24) is 0 Å². The minimum Gasteiger partial charge on any atom is -0.258 e.